The van der Waals surface area contributed by atoms with E-state index in [1.807, 2.05) is 0 Å². The summed E-state index contributed by atoms with van der Waals surface area (Å²) in [6.07, 6.45) is -4.81. The summed E-state index contributed by atoms with van der Waals surface area (Å²) in [6, 6.07) is 5.46. The standard InChI is InChI=1S/C19H16F4N4O3S/c1-2-30-18(29)14(9-31)25-17(28)13-8-16-24-12(10-3-5-11(20)6-4-10)7-15(19(21,22)23)27(16)26-13/h3-8,14,31H,2,9H2,1H3,(H,25,28)/t14-/m0/s1. The van der Waals surface area contributed by atoms with Crippen molar-refractivity contribution >= 4 is 30.2 Å². The molecular formula is C19H16F4N4O3S. The predicted molar refractivity (Wildman–Crippen MR) is 105 cm³/mol. The Labute approximate surface area is 178 Å². The van der Waals surface area contributed by atoms with Crippen molar-refractivity contribution in [2.45, 2.75) is 19.1 Å². The Morgan fingerprint density at radius 3 is 2.48 bits per heavy atom. The Bertz CT molecular complexity index is 1120. The van der Waals surface area contributed by atoms with E-state index in [2.05, 4.69) is 28.0 Å². The molecule has 2 heterocycles. The molecule has 31 heavy (non-hydrogen) atoms. The SMILES string of the molecule is CCOC(=O)[C@H](CS)NC(=O)c1cc2nc(-c3ccc(F)cc3)cc(C(F)(F)F)n2n1. The molecule has 164 valence electrons. The van der Waals surface area contributed by atoms with Crippen molar-refractivity contribution in [2.24, 2.45) is 0 Å². The molecule has 3 rings (SSSR count). The zero-order valence-electron chi connectivity index (χ0n) is 16.0. The van der Waals surface area contributed by atoms with Crippen molar-refractivity contribution in [1.29, 1.82) is 0 Å². The van der Waals surface area contributed by atoms with Crippen LogP contribution in [0.4, 0.5) is 17.6 Å². The van der Waals surface area contributed by atoms with Crippen LogP contribution in [0.5, 0.6) is 0 Å². The lowest BCUT2D eigenvalue weighted by Gasteiger charge is -2.14. The van der Waals surface area contributed by atoms with Crippen LogP contribution in [0.25, 0.3) is 16.9 Å². The number of nitrogens with one attached hydrogen (secondary N) is 1. The number of aromatic nitrogens is 3. The zero-order valence-corrected chi connectivity index (χ0v) is 16.9. The van der Waals surface area contributed by atoms with Crippen molar-refractivity contribution in [3.05, 3.63) is 53.6 Å². The van der Waals surface area contributed by atoms with Crippen LogP contribution in [0.3, 0.4) is 0 Å². The van der Waals surface area contributed by atoms with E-state index in [9.17, 15) is 27.2 Å². The second kappa shape index (κ2) is 8.92. The van der Waals surface area contributed by atoms with Gasteiger partial charge in [0, 0.05) is 17.4 Å². The molecule has 0 spiro atoms. The average molecular weight is 456 g/mol. The number of hydrogen-bond donors (Lipinski definition) is 2. The normalized spacial score (nSPS) is 12.6. The number of benzene rings is 1. The molecular weight excluding hydrogens is 440 g/mol. The van der Waals surface area contributed by atoms with Crippen LogP contribution in [0, 0.1) is 5.82 Å². The van der Waals surface area contributed by atoms with Gasteiger partial charge in [-0.25, -0.2) is 18.7 Å². The van der Waals surface area contributed by atoms with E-state index in [-0.39, 0.29) is 35.0 Å². The summed E-state index contributed by atoms with van der Waals surface area (Å²) in [4.78, 5) is 28.4. The van der Waals surface area contributed by atoms with Gasteiger partial charge < -0.3 is 10.1 Å². The van der Waals surface area contributed by atoms with E-state index in [0.717, 1.165) is 24.3 Å². The monoisotopic (exact) mass is 456 g/mol. The number of ether oxygens (including phenoxy) is 1. The van der Waals surface area contributed by atoms with Gasteiger partial charge in [0.1, 0.15) is 11.9 Å². The Hall–Kier alpha value is -3.15. The van der Waals surface area contributed by atoms with Crippen molar-refractivity contribution in [2.75, 3.05) is 12.4 Å². The fourth-order valence-electron chi connectivity index (χ4n) is 2.71. The van der Waals surface area contributed by atoms with E-state index >= 15 is 0 Å². The summed E-state index contributed by atoms with van der Waals surface area (Å²) in [5.74, 6) is -2.26. The van der Waals surface area contributed by atoms with Crippen LogP contribution in [0.2, 0.25) is 0 Å². The third-order valence-corrected chi connectivity index (χ3v) is 4.51. The van der Waals surface area contributed by atoms with E-state index in [1.54, 1.807) is 6.92 Å². The number of nitrogens with zero attached hydrogens (tertiary/aromatic N) is 3. The molecule has 0 aliphatic heterocycles. The number of halogens is 4. The molecule has 0 bridgehead atoms. The fraction of sp³-hybridized carbons (Fsp3) is 0.263. The number of carbonyl (C=O) groups is 2. The minimum Gasteiger partial charge on any atom is -0.464 e. The van der Waals surface area contributed by atoms with E-state index in [4.69, 9.17) is 4.74 Å². The second-order valence-electron chi connectivity index (χ2n) is 6.29. The van der Waals surface area contributed by atoms with Crippen LogP contribution in [0.15, 0.2) is 36.4 Å². The molecule has 3 aromatic rings. The highest BCUT2D eigenvalue weighted by atomic mass is 32.1. The van der Waals surface area contributed by atoms with Gasteiger partial charge in [-0.05, 0) is 37.3 Å². The summed E-state index contributed by atoms with van der Waals surface area (Å²) in [5.41, 5.74) is -1.64. The summed E-state index contributed by atoms with van der Waals surface area (Å²) in [6.45, 7) is 1.67. The number of rotatable bonds is 6. The number of fused-ring (bicyclic) bond motifs is 1. The smallest absolute Gasteiger partial charge is 0.433 e. The second-order valence-corrected chi connectivity index (χ2v) is 6.66. The number of hydrogen-bond acceptors (Lipinski definition) is 6. The van der Waals surface area contributed by atoms with Crippen LogP contribution in [-0.2, 0) is 15.7 Å². The maximum Gasteiger partial charge on any atom is 0.433 e. The molecule has 0 saturated carbocycles. The van der Waals surface area contributed by atoms with Crippen molar-refractivity contribution in [3.8, 4) is 11.3 Å². The first-order valence-corrected chi connectivity index (χ1v) is 9.59. The molecule has 0 saturated heterocycles. The fourth-order valence-corrected chi connectivity index (χ4v) is 2.95. The quantitative estimate of drug-likeness (QED) is 0.338. The lowest BCUT2D eigenvalue weighted by molar-refractivity contribution is -0.144. The van der Waals surface area contributed by atoms with Gasteiger partial charge in [0.05, 0.1) is 12.3 Å². The third kappa shape index (κ3) is 4.95. The van der Waals surface area contributed by atoms with Gasteiger partial charge in [-0.1, -0.05) is 0 Å². The topological polar surface area (TPSA) is 85.6 Å². The van der Waals surface area contributed by atoms with Crippen molar-refractivity contribution in [3.63, 3.8) is 0 Å². The van der Waals surface area contributed by atoms with Crippen LogP contribution < -0.4 is 5.32 Å². The van der Waals surface area contributed by atoms with Crippen LogP contribution >= 0.6 is 12.6 Å². The number of amides is 1. The first kappa shape index (κ1) is 22.5. The molecule has 1 aromatic carbocycles. The Balaban J connectivity index is 2.03. The number of alkyl halides is 3. The minimum atomic E-state index is -4.81. The lowest BCUT2D eigenvalue weighted by atomic mass is 10.1. The van der Waals surface area contributed by atoms with Gasteiger partial charge in [-0.3, -0.25) is 4.79 Å². The van der Waals surface area contributed by atoms with Gasteiger partial charge >= 0.3 is 12.1 Å². The number of esters is 1. The highest BCUT2D eigenvalue weighted by Gasteiger charge is 2.36. The molecule has 1 atom stereocenters. The van der Waals surface area contributed by atoms with Crippen LogP contribution in [0.1, 0.15) is 23.1 Å². The molecule has 0 aliphatic rings. The highest BCUT2D eigenvalue weighted by Crippen LogP contribution is 2.32. The summed E-state index contributed by atoms with van der Waals surface area (Å²) >= 11 is 3.97. The van der Waals surface area contributed by atoms with Gasteiger partial charge in [0.15, 0.2) is 17.0 Å². The third-order valence-electron chi connectivity index (χ3n) is 4.15. The van der Waals surface area contributed by atoms with E-state index in [0.29, 0.717) is 4.52 Å². The average Bonchev–Trinajstić information content (AvgIpc) is 3.15. The first-order chi connectivity index (χ1) is 14.6. The van der Waals surface area contributed by atoms with Gasteiger partial charge in [0.25, 0.3) is 5.91 Å². The maximum absolute atomic E-state index is 13.6. The van der Waals surface area contributed by atoms with Crippen molar-refractivity contribution < 1.29 is 31.9 Å². The molecule has 7 nitrogen and oxygen atoms in total. The lowest BCUT2D eigenvalue weighted by Crippen LogP contribution is -2.43. The molecule has 1 N–H and O–H groups in total. The number of thiol groups is 1. The summed E-state index contributed by atoms with van der Waals surface area (Å²) < 4.78 is 59.3. The van der Waals surface area contributed by atoms with Gasteiger partial charge in [0.2, 0.25) is 0 Å². The predicted octanol–water partition coefficient (Wildman–Crippen LogP) is 3.15. The van der Waals surface area contributed by atoms with Gasteiger partial charge in [-0.15, -0.1) is 0 Å². The van der Waals surface area contributed by atoms with Crippen LogP contribution in [-0.4, -0.2) is 44.9 Å². The summed E-state index contributed by atoms with van der Waals surface area (Å²) in [5, 5.41) is 6.03. The minimum absolute atomic E-state index is 0.0774. The van der Waals surface area contributed by atoms with E-state index in [1.165, 1.54) is 12.1 Å². The number of carbonyl (C=O) groups excluding carboxylic acids is 2. The van der Waals surface area contributed by atoms with Gasteiger partial charge in [-0.2, -0.15) is 30.9 Å². The maximum atomic E-state index is 13.6. The Kier molecular flexibility index (Phi) is 6.48. The first-order valence-electron chi connectivity index (χ1n) is 8.96. The molecule has 0 aliphatic carbocycles. The molecule has 0 fully saturated rings. The summed E-state index contributed by atoms with van der Waals surface area (Å²) in [7, 11) is 0. The molecule has 0 radical (unpaired) electrons. The highest BCUT2D eigenvalue weighted by molar-refractivity contribution is 7.80. The van der Waals surface area contributed by atoms with Crippen molar-refractivity contribution in [1.82, 2.24) is 19.9 Å². The zero-order chi connectivity index (χ0) is 22.8. The Morgan fingerprint density at radius 1 is 1.23 bits per heavy atom. The molecule has 1 amide bonds. The molecule has 2 aromatic heterocycles. The Morgan fingerprint density at radius 2 is 1.90 bits per heavy atom. The molecule has 0 unspecified atom stereocenters. The molecule has 12 heteroatoms. The van der Waals surface area contributed by atoms with E-state index < -0.39 is 35.6 Å². The largest absolute Gasteiger partial charge is 0.464 e.